The molecule has 0 radical (unpaired) electrons. The van der Waals surface area contributed by atoms with Crippen LogP contribution in [0.5, 0.6) is 0 Å². The minimum Gasteiger partial charge on any atom is -0.311 e. The molecule has 2 aromatic heterocycles. The third-order valence-electron chi connectivity index (χ3n) is 6.21. The fourth-order valence-electron chi connectivity index (χ4n) is 4.85. The molecule has 156 valence electrons. The molecule has 2 amide bonds. The van der Waals surface area contributed by atoms with E-state index in [4.69, 9.17) is 0 Å². The topological polar surface area (TPSA) is 37.3 Å². The number of aromatic nitrogens is 1. The number of thiophene rings is 1. The molecule has 5 rings (SSSR count). The highest BCUT2D eigenvalue weighted by molar-refractivity contribution is 7.15. The summed E-state index contributed by atoms with van der Waals surface area (Å²) in [7, 11) is 0. The van der Waals surface area contributed by atoms with Crippen LogP contribution in [-0.4, -0.2) is 15.5 Å². The van der Waals surface area contributed by atoms with Gasteiger partial charge in [0.1, 0.15) is 10.8 Å². The van der Waals surface area contributed by atoms with Crippen molar-refractivity contribution in [2.24, 2.45) is 5.92 Å². The van der Waals surface area contributed by atoms with E-state index in [1.807, 2.05) is 16.2 Å². The smallest absolute Gasteiger partial charge is 0.311 e. The Labute approximate surface area is 180 Å². The second kappa shape index (κ2) is 7.58. The van der Waals surface area contributed by atoms with Gasteiger partial charge >= 0.3 is 6.03 Å². The average Bonchev–Trinajstić information content (AvgIpc) is 3.31. The summed E-state index contributed by atoms with van der Waals surface area (Å²) >= 11 is 1.89. The highest BCUT2D eigenvalue weighted by Crippen LogP contribution is 2.44. The highest BCUT2D eigenvalue weighted by atomic mass is 32.1. The zero-order chi connectivity index (χ0) is 20.8. The van der Waals surface area contributed by atoms with Gasteiger partial charge in [0.25, 0.3) is 0 Å². The second-order valence-corrected chi connectivity index (χ2v) is 9.64. The van der Waals surface area contributed by atoms with Crippen LogP contribution in [0.3, 0.4) is 0 Å². The van der Waals surface area contributed by atoms with Gasteiger partial charge in [0.05, 0.1) is 12.6 Å². The standard InChI is InChI=1S/C24H26FN3OS/c1-15(2)22-20-7-5-13-27(20)23-19(18-6-3-4-8-21(18)30-23)14-28(22)24(29)26-17-11-9-16(25)10-12-17/h5,7,9-13,15,22H,3-4,6,8,14H2,1-2H3,(H,26,29). The molecule has 1 unspecified atom stereocenters. The van der Waals surface area contributed by atoms with Crippen LogP contribution < -0.4 is 5.32 Å². The van der Waals surface area contributed by atoms with Crippen LogP contribution in [0.25, 0.3) is 5.00 Å². The van der Waals surface area contributed by atoms with Gasteiger partial charge in [-0.05, 0) is 73.6 Å². The van der Waals surface area contributed by atoms with Crippen molar-refractivity contribution in [3.63, 3.8) is 0 Å². The monoisotopic (exact) mass is 423 g/mol. The van der Waals surface area contributed by atoms with Crippen molar-refractivity contribution in [1.29, 1.82) is 0 Å². The van der Waals surface area contributed by atoms with Gasteiger partial charge in [-0.15, -0.1) is 11.3 Å². The molecule has 1 N–H and O–H groups in total. The Morgan fingerprint density at radius 1 is 1.13 bits per heavy atom. The van der Waals surface area contributed by atoms with Gasteiger partial charge in [-0.2, -0.15) is 0 Å². The highest BCUT2D eigenvalue weighted by Gasteiger charge is 2.36. The van der Waals surface area contributed by atoms with Crippen molar-refractivity contribution in [1.82, 2.24) is 9.47 Å². The summed E-state index contributed by atoms with van der Waals surface area (Å²) in [6.07, 6.45) is 6.82. The Balaban J connectivity index is 1.58. The van der Waals surface area contributed by atoms with Crippen LogP contribution >= 0.6 is 11.3 Å². The van der Waals surface area contributed by atoms with Crippen LogP contribution in [0.2, 0.25) is 0 Å². The van der Waals surface area contributed by atoms with Crippen molar-refractivity contribution in [2.75, 3.05) is 5.32 Å². The predicted molar refractivity (Wildman–Crippen MR) is 119 cm³/mol. The molecule has 6 heteroatoms. The van der Waals surface area contributed by atoms with Crippen molar-refractivity contribution < 1.29 is 9.18 Å². The number of benzene rings is 1. The first-order valence-corrected chi connectivity index (χ1v) is 11.5. The van der Waals surface area contributed by atoms with E-state index in [-0.39, 0.29) is 23.8 Å². The zero-order valence-electron chi connectivity index (χ0n) is 17.3. The largest absolute Gasteiger partial charge is 0.322 e. The van der Waals surface area contributed by atoms with Crippen LogP contribution in [0.15, 0.2) is 42.6 Å². The number of carbonyl (C=O) groups is 1. The van der Waals surface area contributed by atoms with Crippen LogP contribution in [0.4, 0.5) is 14.9 Å². The molecule has 1 aliphatic carbocycles. The van der Waals surface area contributed by atoms with Crippen LogP contribution in [0, 0.1) is 11.7 Å². The first-order valence-electron chi connectivity index (χ1n) is 10.7. The number of hydrogen-bond donors (Lipinski definition) is 1. The molecule has 2 aliphatic rings. The minimum atomic E-state index is -0.310. The Morgan fingerprint density at radius 2 is 1.90 bits per heavy atom. The molecule has 1 aliphatic heterocycles. The number of urea groups is 1. The number of fused-ring (bicyclic) bond motifs is 5. The molecule has 0 saturated heterocycles. The summed E-state index contributed by atoms with van der Waals surface area (Å²) in [6.45, 7) is 4.92. The Bertz CT molecular complexity index is 1080. The van der Waals surface area contributed by atoms with Gasteiger partial charge < -0.3 is 14.8 Å². The van der Waals surface area contributed by atoms with E-state index in [1.165, 1.54) is 46.0 Å². The number of anilines is 1. The lowest BCUT2D eigenvalue weighted by molar-refractivity contribution is 0.161. The number of halogens is 1. The van der Waals surface area contributed by atoms with Gasteiger partial charge in [-0.25, -0.2) is 9.18 Å². The van der Waals surface area contributed by atoms with Crippen molar-refractivity contribution in [3.8, 4) is 5.00 Å². The molecular formula is C24H26FN3OS. The number of carbonyl (C=O) groups excluding carboxylic acids is 1. The molecule has 1 atom stereocenters. The predicted octanol–water partition coefficient (Wildman–Crippen LogP) is 6.30. The molecule has 3 aromatic rings. The van der Waals surface area contributed by atoms with E-state index < -0.39 is 0 Å². The summed E-state index contributed by atoms with van der Waals surface area (Å²) in [5, 5.41) is 4.26. The maximum atomic E-state index is 13.5. The van der Waals surface area contributed by atoms with E-state index in [1.54, 1.807) is 12.1 Å². The number of nitrogens with zero attached hydrogens (tertiary/aromatic N) is 2. The lowest BCUT2D eigenvalue weighted by atomic mass is 9.94. The Hall–Kier alpha value is -2.60. The summed E-state index contributed by atoms with van der Waals surface area (Å²) in [4.78, 5) is 16.9. The molecule has 0 spiro atoms. The zero-order valence-corrected chi connectivity index (χ0v) is 18.1. The van der Waals surface area contributed by atoms with Gasteiger partial charge in [0.15, 0.2) is 0 Å². The van der Waals surface area contributed by atoms with E-state index in [0.717, 1.165) is 18.5 Å². The normalized spacial score (nSPS) is 17.9. The van der Waals surface area contributed by atoms with E-state index >= 15 is 0 Å². The van der Waals surface area contributed by atoms with Crippen LogP contribution in [0.1, 0.15) is 54.4 Å². The molecule has 0 fully saturated rings. The lowest BCUT2D eigenvalue weighted by Gasteiger charge is -2.33. The van der Waals surface area contributed by atoms with Crippen molar-refractivity contribution in [3.05, 3.63) is 70.1 Å². The molecule has 3 heterocycles. The third kappa shape index (κ3) is 3.23. The number of amides is 2. The number of hydrogen-bond acceptors (Lipinski definition) is 2. The Kier molecular flexibility index (Phi) is 4.89. The second-order valence-electron chi connectivity index (χ2n) is 8.55. The lowest BCUT2D eigenvalue weighted by Crippen LogP contribution is -2.39. The molecule has 1 aromatic carbocycles. The quantitative estimate of drug-likeness (QED) is 0.516. The van der Waals surface area contributed by atoms with Crippen LogP contribution in [-0.2, 0) is 19.4 Å². The van der Waals surface area contributed by atoms with Crippen molar-refractivity contribution in [2.45, 2.75) is 52.1 Å². The van der Waals surface area contributed by atoms with Gasteiger partial charge in [-0.1, -0.05) is 13.8 Å². The fourth-order valence-corrected chi connectivity index (χ4v) is 6.25. The first-order chi connectivity index (χ1) is 14.5. The van der Waals surface area contributed by atoms with Gasteiger partial charge in [0, 0.05) is 28.0 Å². The van der Waals surface area contributed by atoms with E-state index in [0.29, 0.717) is 12.2 Å². The van der Waals surface area contributed by atoms with E-state index in [2.05, 4.69) is 42.1 Å². The Morgan fingerprint density at radius 3 is 2.67 bits per heavy atom. The number of aryl methyl sites for hydroxylation is 1. The summed E-state index contributed by atoms with van der Waals surface area (Å²) in [5.74, 6) is -0.0577. The maximum absolute atomic E-state index is 13.5. The summed E-state index contributed by atoms with van der Waals surface area (Å²) in [6, 6.07) is 9.99. The third-order valence-corrected chi connectivity index (χ3v) is 7.55. The average molecular weight is 424 g/mol. The molecule has 0 bridgehead atoms. The number of nitrogens with one attached hydrogen (secondary N) is 1. The summed E-state index contributed by atoms with van der Waals surface area (Å²) < 4.78 is 15.6. The first kappa shape index (κ1) is 19.4. The van der Waals surface area contributed by atoms with Gasteiger partial charge in [0.2, 0.25) is 0 Å². The van der Waals surface area contributed by atoms with E-state index in [9.17, 15) is 9.18 Å². The molecular weight excluding hydrogens is 397 g/mol. The van der Waals surface area contributed by atoms with Gasteiger partial charge in [-0.3, -0.25) is 0 Å². The minimum absolute atomic E-state index is 0.0423. The maximum Gasteiger partial charge on any atom is 0.322 e. The van der Waals surface area contributed by atoms with Crippen molar-refractivity contribution >= 4 is 23.1 Å². The molecule has 4 nitrogen and oxygen atoms in total. The molecule has 0 saturated carbocycles. The molecule has 30 heavy (non-hydrogen) atoms. The number of rotatable bonds is 2. The fraction of sp³-hybridized carbons (Fsp3) is 0.375. The summed E-state index contributed by atoms with van der Waals surface area (Å²) in [5.41, 5.74) is 4.50. The SMILES string of the molecule is CC(C)C1c2cccn2-c2sc3c(c2CN1C(=O)Nc1ccc(F)cc1)CCCC3.